The summed E-state index contributed by atoms with van der Waals surface area (Å²) in [7, 11) is 0. The third kappa shape index (κ3) is 29.3. The molecule has 0 saturated carbocycles. The molecule has 13 N–H and O–H groups in total. The minimum absolute atomic E-state index is 0.00313. The van der Waals surface area contributed by atoms with Gasteiger partial charge in [-0.05, 0) is 47.2 Å². The summed E-state index contributed by atoms with van der Waals surface area (Å²) in [6.45, 7) is 5.31. The molecular weight excluding hydrogens is 1070 g/mol. The molecule has 4 rings (SSSR count). The Morgan fingerprint density at radius 2 is 0.976 bits per heavy atom. The van der Waals surface area contributed by atoms with E-state index in [-0.39, 0.29) is 123 Å². The van der Waals surface area contributed by atoms with Crippen LogP contribution in [0.25, 0.3) is 0 Å². The number of primary amides is 1. The Hall–Kier alpha value is -7.50. The van der Waals surface area contributed by atoms with Gasteiger partial charge in [0.15, 0.2) is 5.96 Å². The van der Waals surface area contributed by atoms with Crippen molar-refractivity contribution in [2.45, 2.75) is 37.9 Å². The number of nitrogens with zero attached hydrogens (tertiary/aromatic N) is 4. The summed E-state index contributed by atoms with van der Waals surface area (Å²) >= 11 is 0. The molecule has 82 heavy (non-hydrogen) atoms. The van der Waals surface area contributed by atoms with E-state index in [9.17, 15) is 48.9 Å². The summed E-state index contributed by atoms with van der Waals surface area (Å²) in [5.74, 6) is -4.62. The zero-order chi connectivity index (χ0) is 59.3. The molecule has 5 amide bonds. The van der Waals surface area contributed by atoms with Crippen LogP contribution in [0.15, 0.2) is 78.9 Å². The van der Waals surface area contributed by atoms with E-state index in [0.717, 1.165) is 11.1 Å². The Labute approximate surface area is 477 Å². The van der Waals surface area contributed by atoms with Crippen LogP contribution in [0.2, 0.25) is 0 Å². The molecule has 1 aliphatic rings. The molecule has 1 saturated heterocycles. The standard InChI is InChI=1S/C55H82N12O15/c56-54(57)60-15-5-10-46(52(75)61-35-41-11-13-42(14-12-41)36-62-55(58)77)63-53(76)51(43-6-2-1-3-7-43)44-8-4-9-45(34-44)82-33-32-81-31-30-80-29-28-79-27-26-78-25-16-59-47(68)37-64-17-19-65(38-48(69)70)21-23-67(40-50(73)74)24-22-66(20-18-64)39-49(71)72/h1-4,6-9,11-14,34,46,51H,5,10,15-33,35-40H2,(H,59,68)(H,61,75)(H,63,76)(H,69,70)(H,71,72)(H,73,74)(H4,56,57,60)(H3,58,62,77)/t46-,51+/m1/s1. The summed E-state index contributed by atoms with van der Waals surface area (Å²) in [5, 5.41) is 49.8. The Kier molecular flexibility index (Phi) is 31.9. The highest BCUT2D eigenvalue weighted by atomic mass is 16.6. The predicted octanol–water partition coefficient (Wildman–Crippen LogP) is -0.912. The fourth-order valence-electron chi connectivity index (χ4n) is 8.54. The predicted molar refractivity (Wildman–Crippen MR) is 301 cm³/mol. The highest BCUT2D eigenvalue weighted by molar-refractivity contribution is 5.92. The summed E-state index contributed by atoms with van der Waals surface area (Å²) < 4.78 is 28.5. The lowest BCUT2D eigenvalue weighted by Crippen LogP contribution is -2.50. The molecule has 27 heteroatoms. The van der Waals surface area contributed by atoms with Crippen molar-refractivity contribution in [1.82, 2.24) is 46.2 Å². The number of hydrogen-bond acceptors (Lipinski definition) is 17. The van der Waals surface area contributed by atoms with Crippen LogP contribution in [0.3, 0.4) is 0 Å². The Bertz CT molecular complexity index is 2390. The lowest BCUT2D eigenvalue weighted by Gasteiger charge is -2.32. The second-order valence-corrected chi connectivity index (χ2v) is 19.1. The average Bonchev–Trinajstić information content (AvgIpc) is 3.51. The van der Waals surface area contributed by atoms with Crippen molar-refractivity contribution >= 4 is 47.6 Å². The first kappa shape index (κ1) is 67.0. The number of carbonyl (C=O) groups excluding carboxylic acids is 4. The number of nitrogens with two attached hydrogens (primary N) is 2. The minimum atomic E-state index is -1.03. The van der Waals surface area contributed by atoms with Gasteiger partial charge < -0.3 is 77.1 Å². The summed E-state index contributed by atoms with van der Waals surface area (Å²) in [5.41, 5.74) is 13.6. The molecule has 1 aliphatic heterocycles. The van der Waals surface area contributed by atoms with Gasteiger partial charge in [0.05, 0.1) is 85.0 Å². The molecular formula is C55H82N12O15. The van der Waals surface area contributed by atoms with E-state index in [2.05, 4.69) is 26.6 Å². The van der Waals surface area contributed by atoms with E-state index in [0.29, 0.717) is 89.1 Å². The van der Waals surface area contributed by atoms with Gasteiger partial charge in [-0.15, -0.1) is 0 Å². The van der Waals surface area contributed by atoms with Gasteiger partial charge in [-0.1, -0.05) is 66.7 Å². The molecule has 3 aromatic rings. The minimum Gasteiger partial charge on any atom is -0.491 e. The number of carboxylic acids is 3. The largest absolute Gasteiger partial charge is 0.491 e. The van der Waals surface area contributed by atoms with Crippen LogP contribution in [-0.2, 0) is 60.8 Å². The number of carbonyl (C=O) groups is 7. The third-order valence-corrected chi connectivity index (χ3v) is 12.7. The maximum atomic E-state index is 14.3. The first-order chi connectivity index (χ1) is 39.5. The van der Waals surface area contributed by atoms with Gasteiger partial charge >= 0.3 is 23.9 Å². The Morgan fingerprint density at radius 3 is 1.46 bits per heavy atom. The van der Waals surface area contributed by atoms with E-state index in [1.165, 1.54) is 0 Å². The topological polar surface area (TPSA) is 375 Å². The van der Waals surface area contributed by atoms with Gasteiger partial charge in [0.25, 0.3) is 0 Å². The number of guanidine groups is 1. The van der Waals surface area contributed by atoms with Gasteiger partial charge in [0, 0.05) is 78.5 Å². The lowest BCUT2D eigenvalue weighted by atomic mass is 9.90. The maximum Gasteiger partial charge on any atom is 0.317 e. The van der Waals surface area contributed by atoms with E-state index in [1.54, 1.807) is 32.9 Å². The Morgan fingerprint density at radius 1 is 0.512 bits per heavy atom. The van der Waals surface area contributed by atoms with Crippen molar-refractivity contribution in [3.63, 3.8) is 0 Å². The van der Waals surface area contributed by atoms with Crippen LogP contribution in [-0.4, -0.2) is 240 Å². The first-order valence-corrected chi connectivity index (χ1v) is 27.2. The molecule has 0 aromatic heterocycles. The first-order valence-electron chi connectivity index (χ1n) is 27.2. The van der Waals surface area contributed by atoms with Crippen molar-refractivity contribution in [3.8, 4) is 5.75 Å². The molecule has 1 fully saturated rings. The normalized spacial score (nSPS) is 14.7. The number of benzene rings is 3. The van der Waals surface area contributed by atoms with Crippen LogP contribution in [0, 0.1) is 5.41 Å². The number of rotatable bonds is 37. The lowest BCUT2D eigenvalue weighted by molar-refractivity contribution is -0.140. The molecule has 0 radical (unpaired) electrons. The van der Waals surface area contributed by atoms with Crippen molar-refractivity contribution in [2.75, 3.05) is 151 Å². The van der Waals surface area contributed by atoms with Crippen molar-refractivity contribution in [3.05, 3.63) is 101 Å². The smallest absolute Gasteiger partial charge is 0.317 e. The van der Waals surface area contributed by atoms with Crippen LogP contribution >= 0.6 is 0 Å². The monoisotopic (exact) mass is 1150 g/mol. The molecule has 2 atom stereocenters. The van der Waals surface area contributed by atoms with Gasteiger partial charge in [0.2, 0.25) is 17.7 Å². The summed E-state index contributed by atoms with van der Waals surface area (Å²) in [6, 6.07) is 22.1. The van der Waals surface area contributed by atoms with E-state index in [1.807, 2.05) is 65.6 Å². The molecule has 1 heterocycles. The van der Waals surface area contributed by atoms with E-state index >= 15 is 0 Å². The molecule has 452 valence electrons. The van der Waals surface area contributed by atoms with Gasteiger partial charge in [-0.3, -0.25) is 53.8 Å². The second-order valence-electron chi connectivity index (χ2n) is 19.1. The van der Waals surface area contributed by atoms with Crippen molar-refractivity contribution in [1.29, 1.82) is 5.41 Å². The van der Waals surface area contributed by atoms with Gasteiger partial charge in [-0.25, -0.2) is 4.79 Å². The van der Waals surface area contributed by atoms with Gasteiger partial charge in [0.1, 0.15) is 18.4 Å². The fraction of sp³-hybridized carbons (Fsp3) is 0.527. The molecule has 3 aromatic carbocycles. The quantitative estimate of drug-likeness (QED) is 0.0189. The van der Waals surface area contributed by atoms with Crippen LogP contribution in [0.5, 0.6) is 5.75 Å². The number of hydrogen-bond donors (Lipinski definition) is 11. The van der Waals surface area contributed by atoms with Crippen LogP contribution in [0.4, 0.5) is 4.79 Å². The SMILES string of the molecule is N=C(N)NCCC[C@@H](NC(=O)[C@@H](c1ccccc1)c1cccc(OCCOCCOCCOCCOCCNC(=O)CN2CCN(CC(=O)O)CCN(CC(=O)O)CCN(CC(=O)O)CC2)c1)C(=O)NCc1ccc(CNC(N)=O)cc1. The summed E-state index contributed by atoms with van der Waals surface area (Å²) in [6.07, 6.45) is 0.694. The third-order valence-electron chi connectivity index (χ3n) is 12.7. The highest BCUT2D eigenvalue weighted by Gasteiger charge is 2.29. The number of ether oxygens (including phenoxy) is 5. The molecule has 0 bridgehead atoms. The molecule has 0 aliphatic carbocycles. The molecule has 27 nitrogen and oxygen atoms in total. The van der Waals surface area contributed by atoms with Crippen LogP contribution < -0.4 is 42.8 Å². The van der Waals surface area contributed by atoms with E-state index < -0.39 is 41.8 Å². The maximum absolute atomic E-state index is 14.3. The molecule has 0 spiro atoms. The zero-order valence-corrected chi connectivity index (χ0v) is 46.4. The van der Waals surface area contributed by atoms with Crippen molar-refractivity contribution in [2.24, 2.45) is 11.5 Å². The highest BCUT2D eigenvalue weighted by Crippen LogP contribution is 2.28. The zero-order valence-electron chi connectivity index (χ0n) is 46.4. The van der Waals surface area contributed by atoms with Crippen LogP contribution in [0.1, 0.15) is 41.0 Å². The number of carboxylic acid groups (broad SMARTS) is 3. The fourth-order valence-corrected chi connectivity index (χ4v) is 8.54. The molecule has 0 unspecified atom stereocenters. The number of nitrogens with one attached hydrogen (secondary N) is 6. The van der Waals surface area contributed by atoms with Crippen molar-refractivity contribution < 1.29 is 72.6 Å². The van der Waals surface area contributed by atoms with Gasteiger partial charge in [-0.2, -0.15) is 0 Å². The van der Waals surface area contributed by atoms with E-state index in [4.69, 9.17) is 40.6 Å². The Balaban J connectivity index is 1.12. The summed E-state index contributed by atoms with van der Waals surface area (Å²) in [4.78, 5) is 93.4. The number of amides is 5. The number of urea groups is 1. The average molecular weight is 1150 g/mol. The number of aliphatic carboxylic acids is 3. The second kappa shape index (κ2) is 39.0.